The van der Waals surface area contributed by atoms with Crippen LogP contribution in [0.25, 0.3) is 0 Å². The molecular weight excluding hydrogens is 412 g/mol. The molecule has 0 bridgehead atoms. The predicted molar refractivity (Wildman–Crippen MR) is 112 cm³/mol. The molecular formula is C18H20N6O3S2. The van der Waals surface area contributed by atoms with Crippen LogP contribution in [0.2, 0.25) is 0 Å². The number of benzene rings is 1. The lowest BCUT2D eigenvalue weighted by atomic mass is 10.1. The van der Waals surface area contributed by atoms with E-state index in [1.807, 2.05) is 30.3 Å². The van der Waals surface area contributed by atoms with Crippen LogP contribution in [0.15, 0.2) is 40.9 Å². The number of anilines is 1. The van der Waals surface area contributed by atoms with E-state index in [0.29, 0.717) is 21.6 Å². The van der Waals surface area contributed by atoms with Crippen molar-refractivity contribution in [2.75, 3.05) is 24.7 Å². The van der Waals surface area contributed by atoms with Gasteiger partial charge in [0.25, 0.3) is 5.91 Å². The second-order valence-electron chi connectivity index (χ2n) is 5.93. The maximum atomic E-state index is 12.3. The summed E-state index contributed by atoms with van der Waals surface area (Å²) in [7, 11) is 3.15. The van der Waals surface area contributed by atoms with Gasteiger partial charge in [0.05, 0.1) is 12.9 Å². The molecule has 0 aliphatic rings. The number of aryl methyl sites for hydroxylation is 1. The van der Waals surface area contributed by atoms with Gasteiger partial charge < -0.3 is 10.1 Å². The Kier molecular flexibility index (Phi) is 7.19. The van der Waals surface area contributed by atoms with Crippen LogP contribution in [0, 0.1) is 0 Å². The quantitative estimate of drug-likeness (QED) is 0.393. The van der Waals surface area contributed by atoms with Crippen molar-refractivity contribution in [1.82, 2.24) is 25.3 Å². The fourth-order valence-electron chi connectivity index (χ4n) is 2.43. The monoisotopic (exact) mass is 432 g/mol. The number of thioether (sulfide) groups is 1. The summed E-state index contributed by atoms with van der Waals surface area (Å²) < 4.78 is 7.17. The Balaban J connectivity index is 1.44. The highest BCUT2D eigenvalue weighted by atomic mass is 32.2. The summed E-state index contributed by atoms with van der Waals surface area (Å²) in [5, 5.41) is 17.9. The molecule has 11 heteroatoms. The Morgan fingerprint density at radius 2 is 2.03 bits per heavy atom. The molecule has 2 heterocycles. The first-order chi connectivity index (χ1) is 14.0. The van der Waals surface area contributed by atoms with E-state index < -0.39 is 0 Å². The van der Waals surface area contributed by atoms with Gasteiger partial charge in [0.2, 0.25) is 16.9 Å². The molecule has 29 heavy (non-hydrogen) atoms. The standard InChI is InChI=1S/C18H20N6O3S2/c1-24-10-13(16(23-24)27-2)15(26)20-17-21-22-18(29-17)28-11-14(25)19-9-8-12-6-4-3-5-7-12/h3-7,10H,8-9,11H2,1-2H3,(H,19,25)(H,20,21,26). The van der Waals surface area contributed by atoms with Gasteiger partial charge in [-0.2, -0.15) is 0 Å². The minimum Gasteiger partial charge on any atom is -0.479 e. The third-order valence-corrected chi connectivity index (χ3v) is 5.74. The Bertz CT molecular complexity index is 973. The van der Waals surface area contributed by atoms with E-state index >= 15 is 0 Å². The van der Waals surface area contributed by atoms with Gasteiger partial charge >= 0.3 is 0 Å². The van der Waals surface area contributed by atoms with Gasteiger partial charge in [-0.05, 0) is 12.0 Å². The molecule has 2 aromatic heterocycles. The van der Waals surface area contributed by atoms with Gasteiger partial charge in [0.1, 0.15) is 5.56 Å². The van der Waals surface area contributed by atoms with Crippen LogP contribution in [0.5, 0.6) is 5.88 Å². The molecule has 9 nitrogen and oxygen atoms in total. The topological polar surface area (TPSA) is 111 Å². The number of nitrogens with zero attached hydrogens (tertiary/aromatic N) is 4. The van der Waals surface area contributed by atoms with E-state index in [-0.39, 0.29) is 23.4 Å². The number of aromatic nitrogens is 4. The molecule has 0 fully saturated rings. The van der Waals surface area contributed by atoms with Gasteiger partial charge in [-0.25, -0.2) is 0 Å². The minimum atomic E-state index is -0.388. The van der Waals surface area contributed by atoms with Gasteiger partial charge in [0, 0.05) is 19.8 Å². The number of amides is 2. The third-order valence-electron chi connectivity index (χ3n) is 3.77. The summed E-state index contributed by atoms with van der Waals surface area (Å²) in [6.07, 6.45) is 2.34. The largest absolute Gasteiger partial charge is 0.479 e. The molecule has 152 valence electrons. The Labute approximate surface area is 175 Å². The summed E-state index contributed by atoms with van der Waals surface area (Å²) in [4.78, 5) is 24.3. The van der Waals surface area contributed by atoms with Crippen molar-refractivity contribution in [3.05, 3.63) is 47.7 Å². The summed E-state index contributed by atoms with van der Waals surface area (Å²) in [6.45, 7) is 0.577. The Morgan fingerprint density at radius 1 is 1.24 bits per heavy atom. The average molecular weight is 433 g/mol. The van der Waals surface area contributed by atoms with E-state index in [1.54, 1.807) is 13.2 Å². The van der Waals surface area contributed by atoms with Crippen LogP contribution >= 0.6 is 23.1 Å². The van der Waals surface area contributed by atoms with Crippen molar-refractivity contribution < 1.29 is 14.3 Å². The molecule has 0 unspecified atom stereocenters. The lowest BCUT2D eigenvalue weighted by molar-refractivity contribution is -0.118. The Morgan fingerprint density at radius 3 is 2.79 bits per heavy atom. The molecule has 0 aliphatic heterocycles. The second kappa shape index (κ2) is 10.0. The lowest BCUT2D eigenvalue weighted by Crippen LogP contribution is -2.27. The highest BCUT2D eigenvalue weighted by Gasteiger charge is 2.18. The lowest BCUT2D eigenvalue weighted by Gasteiger charge is -2.04. The van der Waals surface area contributed by atoms with Crippen LogP contribution in [-0.4, -0.2) is 51.2 Å². The molecule has 2 amide bonds. The maximum absolute atomic E-state index is 12.3. The van der Waals surface area contributed by atoms with Crippen molar-refractivity contribution in [2.45, 2.75) is 10.8 Å². The summed E-state index contributed by atoms with van der Waals surface area (Å²) >= 11 is 2.47. The predicted octanol–water partition coefficient (Wildman–Crippen LogP) is 1.98. The van der Waals surface area contributed by atoms with Gasteiger partial charge in [0.15, 0.2) is 4.34 Å². The van der Waals surface area contributed by atoms with Crippen LogP contribution in [0.4, 0.5) is 5.13 Å². The van der Waals surface area contributed by atoms with Crippen LogP contribution in [0.3, 0.4) is 0 Å². The summed E-state index contributed by atoms with van der Waals surface area (Å²) in [5.74, 6) is -0.00207. The molecule has 3 aromatic rings. The van der Waals surface area contributed by atoms with E-state index in [0.717, 1.165) is 6.42 Å². The second-order valence-corrected chi connectivity index (χ2v) is 8.13. The van der Waals surface area contributed by atoms with Crippen molar-refractivity contribution in [1.29, 1.82) is 0 Å². The average Bonchev–Trinajstić information content (AvgIpc) is 3.33. The fraction of sp³-hybridized carbons (Fsp3) is 0.278. The molecule has 0 saturated carbocycles. The number of carbonyl (C=O) groups is 2. The number of ether oxygens (including phenoxy) is 1. The molecule has 3 rings (SSSR count). The SMILES string of the molecule is COc1nn(C)cc1C(=O)Nc1nnc(SCC(=O)NCCc2ccccc2)s1. The number of hydrogen-bond donors (Lipinski definition) is 2. The van der Waals surface area contributed by atoms with Gasteiger partial charge in [-0.1, -0.05) is 53.4 Å². The third kappa shape index (κ3) is 6.03. The van der Waals surface area contributed by atoms with E-state index in [2.05, 4.69) is 25.9 Å². The Hall–Kier alpha value is -2.92. The molecule has 0 aliphatic carbocycles. The van der Waals surface area contributed by atoms with Crippen molar-refractivity contribution in [3.63, 3.8) is 0 Å². The summed E-state index contributed by atoms with van der Waals surface area (Å²) in [5.41, 5.74) is 1.48. The van der Waals surface area contributed by atoms with E-state index in [9.17, 15) is 9.59 Å². The number of nitrogens with one attached hydrogen (secondary N) is 2. The van der Waals surface area contributed by atoms with Crippen LogP contribution in [-0.2, 0) is 18.3 Å². The molecule has 1 aromatic carbocycles. The van der Waals surface area contributed by atoms with Crippen molar-refractivity contribution in [2.24, 2.45) is 7.05 Å². The van der Waals surface area contributed by atoms with Crippen molar-refractivity contribution in [3.8, 4) is 5.88 Å². The molecule has 0 saturated heterocycles. The number of carbonyl (C=O) groups excluding carboxylic acids is 2. The summed E-state index contributed by atoms with van der Waals surface area (Å²) in [6, 6.07) is 9.97. The first kappa shape index (κ1) is 20.8. The minimum absolute atomic E-state index is 0.0770. The number of rotatable bonds is 9. The molecule has 0 spiro atoms. The zero-order chi connectivity index (χ0) is 20.6. The normalized spacial score (nSPS) is 10.6. The van der Waals surface area contributed by atoms with Gasteiger partial charge in [-0.3, -0.25) is 19.6 Å². The molecule has 0 atom stereocenters. The smallest absolute Gasteiger partial charge is 0.264 e. The molecule has 0 radical (unpaired) electrons. The first-order valence-corrected chi connectivity index (χ1v) is 10.5. The zero-order valence-corrected chi connectivity index (χ0v) is 17.5. The zero-order valence-electron chi connectivity index (χ0n) is 15.9. The van der Waals surface area contributed by atoms with E-state index in [1.165, 1.54) is 40.5 Å². The van der Waals surface area contributed by atoms with Crippen molar-refractivity contribution >= 4 is 40.0 Å². The van der Waals surface area contributed by atoms with E-state index in [4.69, 9.17) is 4.74 Å². The van der Waals surface area contributed by atoms with Crippen LogP contribution in [0.1, 0.15) is 15.9 Å². The highest BCUT2D eigenvalue weighted by Crippen LogP contribution is 2.26. The fourth-order valence-corrected chi connectivity index (χ4v) is 4.00. The first-order valence-electron chi connectivity index (χ1n) is 8.71. The highest BCUT2D eigenvalue weighted by molar-refractivity contribution is 8.01. The number of hydrogen-bond acceptors (Lipinski definition) is 8. The number of methoxy groups -OCH3 is 1. The maximum Gasteiger partial charge on any atom is 0.264 e. The van der Waals surface area contributed by atoms with Gasteiger partial charge in [-0.15, -0.1) is 15.3 Å². The van der Waals surface area contributed by atoms with Crippen LogP contribution < -0.4 is 15.4 Å². The molecule has 2 N–H and O–H groups in total.